The number of anilines is 3. The van der Waals surface area contributed by atoms with E-state index in [9.17, 15) is 0 Å². The van der Waals surface area contributed by atoms with E-state index in [2.05, 4.69) is 272 Å². The van der Waals surface area contributed by atoms with Gasteiger partial charge in [0.1, 0.15) is 0 Å². The number of fused-ring (bicyclic) bond motifs is 7. The molecule has 13 rings (SSSR count). The average Bonchev–Trinajstić information content (AvgIpc) is 3.43. The summed E-state index contributed by atoms with van der Waals surface area (Å²) in [4.78, 5) is 2.39. The molecule has 69 heavy (non-hydrogen) atoms. The van der Waals surface area contributed by atoms with Gasteiger partial charge >= 0.3 is 0 Å². The van der Waals surface area contributed by atoms with Gasteiger partial charge in [-0.15, -0.1) is 0 Å². The van der Waals surface area contributed by atoms with E-state index in [4.69, 9.17) is 0 Å². The highest BCUT2D eigenvalue weighted by Gasteiger charge is 2.28. The first-order chi connectivity index (χ1) is 34.2. The minimum Gasteiger partial charge on any atom is -0.310 e. The number of nitrogens with zero attached hydrogens (tertiary/aromatic N) is 1. The van der Waals surface area contributed by atoms with Gasteiger partial charge in [-0.25, -0.2) is 0 Å². The van der Waals surface area contributed by atoms with E-state index in [1.54, 1.807) is 0 Å². The monoisotopic (exact) mass is 877 g/mol. The van der Waals surface area contributed by atoms with E-state index in [0.29, 0.717) is 0 Å². The largest absolute Gasteiger partial charge is 0.310 e. The van der Waals surface area contributed by atoms with Crippen molar-refractivity contribution in [3.05, 3.63) is 284 Å². The molecule has 12 aromatic rings. The zero-order valence-electron chi connectivity index (χ0n) is 38.1. The molecule has 12 aromatic carbocycles. The zero-order chi connectivity index (χ0) is 45.7. The third-order valence-corrected chi connectivity index (χ3v) is 14.5. The van der Waals surface area contributed by atoms with E-state index in [1.165, 1.54) is 105 Å². The van der Waals surface area contributed by atoms with Crippen LogP contribution in [0.1, 0.15) is 22.6 Å². The maximum atomic E-state index is 2.39. The van der Waals surface area contributed by atoms with Crippen molar-refractivity contribution in [1.82, 2.24) is 0 Å². The standard InChI is InChI=1S/C68H47N/c1-3-17-46(18-4-1)51-24-13-25-55(43-51)69(54-41-37-49(38-42-54)65-44-52-21-7-8-26-56(52)58-27-9-11-29-60(58)65)53-39-35-48(36-40-53)57-31-14-22-50-23-15-34-64(68(50)57)63-33-16-32-62-59-28-10-12-30-61(59)66(45-67(62)63)47-19-5-2-6-20-47/h1-44,66H,45H2. The molecule has 0 aliphatic heterocycles. The maximum Gasteiger partial charge on any atom is 0.0467 e. The van der Waals surface area contributed by atoms with Crippen LogP contribution in [0.4, 0.5) is 17.1 Å². The van der Waals surface area contributed by atoms with Gasteiger partial charge in [-0.2, -0.15) is 0 Å². The molecule has 1 aliphatic rings. The molecule has 0 spiro atoms. The number of hydrogen-bond acceptors (Lipinski definition) is 1. The van der Waals surface area contributed by atoms with E-state index in [-0.39, 0.29) is 5.92 Å². The number of rotatable bonds is 8. The molecule has 0 heterocycles. The highest BCUT2D eigenvalue weighted by atomic mass is 15.1. The molecule has 1 heteroatoms. The van der Waals surface area contributed by atoms with Crippen LogP contribution in [0.15, 0.2) is 267 Å². The van der Waals surface area contributed by atoms with Crippen LogP contribution in [0.2, 0.25) is 0 Å². The van der Waals surface area contributed by atoms with Crippen LogP contribution in [-0.4, -0.2) is 0 Å². The maximum absolute atomic E-state index is 2.39. The Morgan fingerprint density at radius 2 is 0.812 bits per heavy atom. The summed E-state index contributed by atoms with van der Waals surface area (Å²) in [5, 5.41) is 7.58. The Labute approximate surface area is 403 Å². The third kappa shape index (κ3) is 7.19. The van der Waals surface area contributed by atoms with Crippen LogP contribution >= 0.6 is 0 Å². The summed E-state index contributed by atoms with van der Waals surface area (Å²) in [6, 6.07) is 98.4. The lowest BCUT2D eigenvalue weighted by Gasteiger charge is -2.30. The SMILES string of the molecule is c1ccc(-c2cccc(N(c3ccc(-c4cc5ccccc5c5ccccc45)cc3)c3ccc(-c4cccc5cccc(-c6cccc7c6CC(c6ccccc6)c6ccccc6-7)c45)cc3)c2)cc1. The van der Waals surface area contributed by atoms with Crippen molar-refractivity contribution < 1.29 is 0 Å². The number of benzene rings is 12. The normalized spacial score (nSPS) is 13.0. The van der Waals surface area contributed by atoms with Gasteiger partial charge in [0.05, 0.1) is 0 Å². The molecule has 0 fully saturated rings. The lowest BCUT2D eigenvalue weighted by atomic mass is 9.73. The Morgan fingerprint density at radius 3 is 1.57 bits per heavy atom. The van der Waals surface area contributed by atoms with Crippen LogP contribution in [0.25, 0.3) is 88.0 Å². The molecular weight excluding hydrogens is 831 g/mol. The minimum atomic E-state index is 0.282. The molecule has 1 aliphatic carbocycles. The third-order valence-electron chi connectivity index (χ3n) is 14.5. The first-order valence-corrected chi connectivity index (χ1v) is 24.1. The molecule has 1 atom stereocenters. The summed E-state index contributed by atoms with van der Waals surface area (Å²) in [6.45, 7) is 0. The van der Waals surface area contributed by atoms with Gasteiger partial charge in [0, 0.05) is 23.0 Å². The summed E-state index contributed by atoms with van der Waals surface area (Å²) in [7, 11) is 0. The van der Waals surface area contributed by atoms with E-state index in [0.717, 1.165) is 23.5 Å². The topological polar surface area (TPSA) is 3.24 Å². The Bertz CT molecular complexity index is 3850. The summed E-state index contributed by atoms with van der Waals surface area (Å²) in [6.07, 6.45) is 0.945. The second-order valence-electron chi connectivity index (χ2n) is 18.3. The van der Waals surface area contributed by atoms with E-state index >= 15 is 0 Å². The lowest BCUT2D eigenvalue weighted by Crippen LogP contribution is -2.13. The quantitative estimate of drug-likeness (QED) is 0.138. The molecule has 0 saturated heterocycles. The Kier molecular flexibility index (Phi) is 10.1. The first-order valence-electron chi connectivity index (χ1n) is 24.1. The van der Waals surface area contributed by atoms with Crippen LogP contribution in [0, 0.1) is 0 Å². The predicted molar refractivity (Wildman–Crippen MR) is 293 cm³/mol. The van der Waals surface area contributed by atoms with Gasteiger partial charge in [0.2, 0.25) is 0 Å². The van der Waals surface area contributed by atoms with E-state index in [1.807, 2.05) is 0 Å². The fourth-order valence-electron chi connectivity index (χ4n) is 11.2. The summed E-state index contributed by atoms with van der Waals surface area (Å²) in [5.41, 5.74) is 19.9. The molecule has 1 unspecified atom stereocenters. The van der Waals surface area contributed by atoms with Crippen molar-refractivity contribution in [2.24, 2.45) is 0 Å². The van der Waals surface area contributed by atoms with Gasteiger partial charge in [-0.05, 0) is 154 Å². The van der Waals surface area contributed by atoms with Gasteiger partial charge in [-0.3, -0.25) is 0 Å². The van der Waals surface area contributed by atoms with Crippen LogP contribution in [-0.2, 0) is 6.42 Å². The zero-order valence-corrected chi connectivity index (χ0v) is 38.1. The highest BCUT2D eigenvalue weighted by molar-refractivity contribution is 6.14. The Morgan fingerprint density at radius 1 is 0.290 bits per heavy atom. The average molecular weight is 878 g/mol. The molecule has 0 saturated carbocycles. The Hall–Kier alpha value is -8.78. The van der Waals surface area contributed by atoms with Gasteiger partial charge < -0.3 is 4.90 Å². The molecule has 0 radical (unpaired) electrons. The van der Waals surface area contributed by atoms with Gasteiger partial charge in [0.15, 0.2) is 0 Å². The molecule has 324 valence electrons. The first kappa shape index (κ1) is 40.5. The molecule has 1 nitrogen and oxygen atoms in total. The van der Waals surface area contributed by atoms with Crippen LogP contribution < -0.4 is 4.90 Å². The highest BCUT2D eigenvalue weighted by Crippen LogP contribution is 2.48. The van der Waals surface area contributed by atoms with Crippen molar-refractivity contribution in [1.29, 1.82) is 0 Å². The van der Waals surface area contributed by atoms with Crippen LogP contribution in [0.5, 0.6) is 0 Å². The van der Waals surface area contributed by atoms with Crippen LogP contribution in [0.3, 0.4) is 0 Å². The molecular formula is C68H47N. The minimum absolute atomic E-state index is 0.282. The summed E-state index contributed by atoms with van der Waals surface area (Å²) >= 11 is 0. The van der Waals surface area contributed by atoms with Crippen molar-refractivity contribution in [2.75, 3.05) is 4.90 Å². The van der Waals surface area contributed by atoms with Crippen molar-refractivity contribution in [3.63, 3.8) is 0 Å². The fraction of sp³-hybridized carbons (Fsp3) is 0.0294. The van der Waals surface area contributed by atoms with Crippen molar-refractivity contribution in [3.8, 4) is 55.6 Å². The lowest BCUT2D eigenvalue weighted by molar-refractivity contribution is 0.795. The Balaban J connectivity index is 0.919. The molecule has 0 bridgehead atoms. The van der Waals surface area contributed by atoms with Crippen molar-refractivity contribution >= 4 is 49.4 Å². The van der Waals surface area contributed by atoms with E-state index < -0.39 is 0 Å². The number of hydrogen-bond donors (Lipinski definition) is 0. The summed E-state index contributed by atoms with van der Waals surface area (Å²) in [5.74, 6) is 0.282. The van der Waals surface area contributed by atoms with Gasteiger partial charge in [0.25, 0.3) is 0 Å². The second kappa shape index (κ2) is 17.1. The van der Waals surface area contributed by atoms with Crippen molar-refractivity contribution in [2.45, 2.75) is 12.3 Å². The smallest absolute Gasteiger partial charge is 0.0467 e. The molecule has 0 N–H and O–H groups in total. The fourth-order valence-corrected chi connectivity index (χ4v) is 11.2. The summed E-state index contributed by atoms with van der Waals surface area (Å²) < 4.78 is 0. The van der Waals surface area contributed by atoms with Gasteiger partial charge in [-0.1, -0.05) is 224 Å². The second-order valence-corrected chi connectivity index (χ2v) is 18.3. The molecule has 0 amide bonds. The predicted octanol–water partition coefficient (Wildman–Crippen LogP) is 18.6. The molecule has 0 aromatic heterocycles.